The lowest BCUT2D eigenvalue weighted by atomic mass is 10.0. The first kappa shape index (κ1) is 23.9. The van der Waals surface area contributed by atoms with Gasteiger partial charge in [0.1, 0.15) is 0 Å². The lowest BCUT2D eigenvalue weighted by Gasteiger charge is -2.13. The lowest BCUT2D eigenvalue weighted by molar-refractivity contribution is -0.121. The molecule has 0 saturated carbocycles. The minimum atomic E-state index is -3.38. The van der Waals surface area contributed by atoms with E-state index in [9.17, 15) is 14.2 Å². The third-order valence-electron chi connectivity index (χ3n) is 4.89. The Balaban J connectivity index is 1.56. The molecule has 0 aliphatic carbocycles. The molecule has 2 rings (SSSR count). The molecule has 0 radical (unpaired) electrons. The molecule has 3 N–H and O–H groups in total. The number of amides is 3. The van der Waals surface area contributed by atoms with Gasteiger partial charge in [0.2, 0.25) is 5.91 Å². The number of aromatic nitrogens is 3. The van der Waals surface area contributed by atoms with Crippen molar-refractivity contribution in [2.75, 3.05) is 13.2 Å². The molecule has 2 heterocycles. The molecule has 0 aromatic carbocycles. The average Bonchev–Trinajstić information content (AvgIpc) is 3.31. The molecule has 3 amide bonds. The van der Waals surface area contributed by atoms with Gasteiger partial charge < -0.3 is 20.5 Å². The normalized spacial score (nSPS) is 20.1. The van der Waals surface area contributed by atoms with Gasteiger partial charge in [-0.1, -0.05) is 18.1 Å². The van der Waals surface area contributed by atoms with E-state index in [1.165, 1.54) is 6.20 Å². The van der Waals surface area contributed by atoms with Crippen LogP contribution in [-0.4, -0.2) is 52.2 Å². The number of carbonyl (C=O) groups is 2. The molecule has 10 nitrogen and oxygen atoms in total. The number of terminal acetylenes is 1. The molecule has 1 fully saturated rings. The molecule has 1 aromatic heterocycles. The summed E-state index contributed by atoms with van der Waals surface area (Å²) in [5, 5.41) is 16.4. The third-order valence-corrected chi connectivity index (χ3v) is 6.66. The summed E-state index contributed by atoms with van der Waals surface area (Å²) in [6, 6.07) is 0.222. The number of hydrogen-bond acceptors (Lipinski definition) is 6. The lowest BCUT2D eigenvalue weighted by Crippen LogP contribution is -2.30. The highest BCUT2D eigenvalue weighted by molar-refractivity contribution is 7.71. The van der Waals surface area contributed by atoms with Crippen LogP contribution in [0.1, 0.15) is 52.4 Å². The minimum absolute atomic E-state index is 0.0201. The van der Waals surface area contributed by atoms with Crippen LogP contribution in [0.25, 0.3) is 0 Å². The van der Waals surface area contributed by atoms with E-state index in [-0.39, 0.29) is 36.1 Å². The topological polar surface area (TPSA) is 127 Å². The number of unbranched alkanes of at least 4 members (excludes halogenated alkanes) is 2. The number of nitrogens with one attached hydrogen (secondary N) is 3. The van der Waals surface area contributed by atoms with Gasteiger partial charge in [-0.3, -0.25) is 14.0 Å². The highest BCUT2D eigenvalue weighted by Gasteiger charge is 2.27. The number of carbonyl (C=O) groups excluding carboxylic acids is 2. The van der Waals surface area contributed by atoms with E-state index in [2.05, 4.69) is 31.9 Å². The van der Waals surface area contributed by atoms with Gasteiger partial charge in [0.05, 0.1) is 18.8 Å². The zero-order valence-corrected chi connectivity index (χ0v) is 18.5. The SMILES string of the molecule is C#CP(=O)(OCC)c1cn(CCCNC(=O)CCCCCC2NC(=O)NC2C)nn1. The Kier molecular flexibility index (Phi) is 9.34. The van der Waals surface area contributed by atoms with Crippen molar-refractivity contribution >= 4 is 24.7 Å². The van der Waals surface area contributed by atoms with Gasteiger partial charge in [-0.2, -0.15) is 0 Å². The minimum Gasteiger partial charge on any atom is -0.356 e. The number of aryl methyl sites for hydroxylation is 1. The van der Waals surface area contributed by atoms with E-state index in [0.717, 1.165) is 25.7 Å². The summed E-state index contributed by atoms with van der Waals surface area (Å²) in [6.45, 7) is 4.97. The first-order valence-electron chi connectivity index (χ1n) is 10.3. The van der Waals surface area contributed by atoms with Crippen LogP contribution in [0.15, 0.2) is 6.20 Å². The van der Waals surface area contributed by atoms with E-state index in [4.69, 9.17) is 10.9 Å². The summed E-state index contributed by atoms with van der Waals surface area (Å²) in [5.74, 6) is 0.0201. The zero-order valence-electron chi connectivity index (χ0n) is 17.6. The van der Waals surface area contributed by atoms with Gasteiger partial charge in [0.15, 0.2) is 5.44 Å². The average molecular weight is 438 g/mol. The standard InChI is InChI=1S/C19H31N6O4P/c1-4-29-30(28,5-2)18-14-25(24-23-18)13-9-12-20-17(26)11-8-6-7-10-16-15(3)21-19(27)22-16/h2,14-16H,4,6-13H2,1,3H3,(H,20,26)(H2,21,22,27). The van der Waals surface area contributed by atoms with Gasteiger partial charge in [-0.05, 0) is 38.8 Å². The van der Waals surface area contributed by atoms with Crippen LogP contribution >= 0.6 is 7.37 Å². The first-order chi connectivity index (χ1) is 14.4. The molecule has 1 aliphatic heterocycles. The van der Waals surface area contributed by atoms with Crippen molar-refractivity contribution in [3.05, 3.63) is 6.20 Å². The third kappa shape index (κ3) is 7.15. The fourth-order valence-electron chi connectivity index (χ4n) is 3.23. The monoisotopic (exact) mass is 438 g/mol. The number of urea groups is 1. The summed E-state index contributed by atoms with van der Waals surface area (Å²) in [6.07, 6.45) is 11.6. The van der Waals surface area contributed by atoms with Crippen molar-refractivity contribution in [1.82, 2.24) is 30.9 Å². The Bertz CT molecular complexity index is 805. The van der Waals surface area contributed by atoms with Gasteiger partial charge in [-0.15, -0.1) is 11.5 Å². The van der Waals surface area contributed by atoms with Gasteiger partial charge in [0, 0.05) is 25.6 Å². The fourth-order valence-corrected chi connectivity index (χ4v) is 4.38. The Labute approximate surface area is 177 Å². The highest BCUT2D eigenvalue weighted by atomic mass is 31.2. The van der Waals surface area contributed by atoms with E-state index in [1.54, 1.807) is 11.6 Å². The number of rotatable bonds is 13. The maximum Gasteiger partial charge on any atom is 0.324 e. The number of nitrogens with zero attached hydrogens (tertiary/aromatic N) is 3. The molecule has 11 heteroatoms. The van der Waals surface area contributed by atoms with E-state index in [0.29, 0.717) is 25.9 Å². The maximum atomic E-state index is 12.4. The predicted molar refractivity (Wildman–Crippen MR) is 113 cm³/mol. The Hall–Kier alpha value is -2.37. The van der Waals surface area contributed by atoms with Gasteiger partial charge >= 0.3 is 13.4 Å². The summed E-state index contributed by atoms with van der Waals surface area (Å²) in [5.41, 5.74) is 2.34. The summed E-state index contributed by atoms with van der Waals surface area (Å²) >= 11 is 0. The summed E-state index contributed by atoms with van der Waals surface area (Å²) in [7, 11) is -3.38. The fraction of sp³-hybridized carbons (Fsp3) is 0.684. The van der Waals surface area contributed by atoms with Crippen LogP contribution in [0.2, 0.25) is 0 Å². The van der Waals surface area contributed by atoms with Crippen molar-refractivity contribution in [2.24, 2.45) is 0 Å². The van der Waals surface area contributed by atoms with Crippen molar-refractivity contribution in [3.8, 4) is 12.1 Å². The maximum absolute atomic E-state index is 12.4. The molecule has 1 aliphatic rings. The van der Waals surface area contributed by atoms with E-state index < -0.39 is 7.37 Å². The second-order valence-electron chi connectivity index (χ2n) is 7.25. The summed E-state index contributed by atoms with van der Waals surface area (Å²) < 4.78 is 19.1. The molecule has 166 valence electrons. The van der Waals surface area contributed by atoms with Crippen molar-refractivity contribution < 1.29 is 18.7 Å². The van der Waals surface area contributed by atoms with E-state index >= 15 is 0 Å². The van der Waals surface area contributed by atoms with Crippen LogP contribution in [-0.2, 0) is 20.4 Å². The molecule has 30 heavy (non-hydrogen) atoms. The van der Waals surface area contributed by atoms with Crippen molar-refractivity contribution in [1.29, 1.82) is 0 Å². The van der Waals surface area contributed by atoms with Crippen LogP contribution in [0, 0.1) is 12.1 Å². The summed E-state index contributed by atoms with van der Waals surface area (Å²) in [4.78, 5) is 23.2. The van der Waals surface area contributed by atoms with Crippen LogP contribution in [0.5, 0.6) is 0 Å². The van der Waals surface area contributed by atoms with Crippen molar-refractivity contribution in [3.63, 3.8) is 0 Å². The Morgan fingerprint density at radius 1 is 1.37 bits per heavy atom. The molecule has 3 atom stereocenters. The van der Waals surface area contributed by atoms with Crippen LogP contribution in [0.3, 0.4) is 0 Å². The molecular weight excluding hydrogens is 407 g/mol. The molecule has 3 unspecified atom stereocenters. The molecular formula is C19H31N6O4P. The smallest absolute Gasteiger partial charge is 0.324 e. The zero-order chi connectivity index (χ0) is 22.0. The van der Waals surface area contributed by atoms with Crippen molar-refractivity contribution in [2.45, 2.75) is 71.0 Å². The first-order valence-corrected chi connectivity index (χ1v) is 12.0. The molecule has 0 bridgehead atoms. The molecule has 1 saturated heterocycles. The van der Waals surface area contributed by atoms with Crippen LogP contribution < -0.4 is 21.4 Å². The van der Waals surface area contributed by atoms with Gasteiger partial charge in [0.25, 0.3) is 0 Å². The van der Waals surface area contributed by atoms with Gasteiger partial charge in [-0.25, -0.2) is 4.79 Å². The molecule has 0 spiro atoms. The number of hydrogen-bond donors (Lipinski definition) is 3. The Morgan fingerprint density at radius 2 is 2.17 bits per heavy atom. The highest BCUT2D eigenvalue weighted by Crippen LogP contribution is 2.42. The molecule has 1 aromatic rings. The second kappa shape index (κ2) is 11.7. The largest absolute Gasteiger partial charge is 0.356 e. The quantitative estimate of drug-likeness (QED) is 0.242. The van der Waals surface area contributed by atoms with Crippen LogP contribution in [0.4, 0.5) is 4.79 Å². The predicted octanol–water partition coefficient (Wildman–Crippen LogP) is 1.34. The Morgan fingerprint density at radius 3 is 2.83 bits per heavy atom. The second-order valence-corrected chi connectivity index (χ2v) is 9.33. The van der Waals surface area contributed by atoms with E-state index in [1.807, 2.05) is 6.92 Å².